The number of ether oxygens (including phenoxy) is 1. The zero-order valence-corrected chi connectivity index (χ0v) is 11.9. The Bertz CT molecular complexity index is 405. The first-order chi connectivity index (χ1) is 9.28. The van der Waals surface area contributed by atoms with Crippen molar-refractivity contribution in [1.82, 2.24) is 0 Å². The normalized spacial score (nSPS) is 16.3. The largest absolute Gasteiger partial charge is 0.497 e. The fourth-order valence-electron chi connectivity index (χ4n) is 2.94. The van der Waals surface area contributed by atoms with Gasteiger partial charge in [-0.05, 0) is 30.0 Å². The molecular formula is C17H24O2. The summed E-state index contributed by atoms with van der Waals surface area (Å²) in [7, 11) is 1.66. The van der Waals surface area contributed by atoms with Gasteiger partial charge in [0.05, 0.1) is 7.11 Å². The van der Waals surface area contributed by atoms with Crippen LogP contribution in [0.2, 0.25) is 0 Å². The number of Topliss-reactive ketones (excluding diaryl/α,β-unsaturated/α-hetero) is 1. The minimum absolute atomic E-state index is 0.360. The Kier molecular flexibility index (Phi) is 5.44. The van der Waals surface area contributed by atoms with Crippen molar-refractivity contribution in [3.05, 3.63) is 29.8 Å². The van der Waals surface area contributed by atoms with Crippen molar-refractivity contribution in [2.24, 2.45) is 5.92 Å². The second-order valence-corrected chi connectivity index (χ2v) is 5.61. The molecule has 0 unspecified atom stereocenters. The minimum atomic E-state index is 0.360. The molecule has 2 nitrogen and oxygen atoms in total. The predicted molar refractivity (Wildman–Crippen MR) is 77.5 cm³/mol. The molecule has 104 valence electrons. The van der Waals surface area contributed by atoms with Gasteiger partial charge < -0.3 is 4.74 Å². The van der Waals surface area contributed by atoms with Crippen molar-refractivity contribution in [2.75, 3.05) is 7.11 Å². The topological polar surface area (TPSA) is 26.3 Å². The van der Waals surface area contributed by atoms with Gasteiger partial charge in [-0.25, -0.2) is 0 Å². The summed E-state index contributed by atoms with van der Waals surface area (Å²) in [6, 6.07) is 7.82. The Labute approximate surface area is 116 Å². The number of hydrogen-bond donors (Lipinski definition) is 0. The molecule has 0 aromatic heterocycles. The summed E-state index contributed by atoms with van der Waals surface area (Å²) >= 11 is 0. The third kappa shape index (κ3) is 4.70. The Hall–Kier alpha value is -1.31. The maximum atomic E-state index is 12.0. The van der Waals surface area contributed by atoms with Gasteiger partial charge in [0.15, 0.2) is 0 Å². The smallest absolute Gasteiger partial charge is 0.137 e. The lowest BCUT2D eigenvalue weighted by molar-refractivity contribution is -0.118. The lowest BCUT2D eigenvalue weighted by Crippen LogP contribution is -2.10. The SMILES string of the molecule is COc1cccc(CC(=O)CCC2CCCCC2)c1. The van der Waals surface area contributed by atoms with Crippen molar-refractivity contribution in [3.63, 3.8) is 0 Å². The number of rotatable bonds is 6. The zero-order valence-electron chi connectivity index (χ0n) is 11.9. The Morgan fingerprint density at radius 3 is 2.79 bits per heavy atom. The number of methoxy groups -OCH3 is 1. The van der Waals surface area contributed by atoms with E-state index in [2.05, 4.69) is 0 Å². The molecule has 0 bridgehead atoms. The highest BCUT2D eigenvalue weighted by Gasteiger charge is 2.15. The molecule has 0 amide bonds. The van der Waals surface area contributed by atoms with Crippen LogP contribution in [-0.4, -0.2) is 12.9 Å². The molecule has 0 saturated heterocycles. The Morgan fingerprint density at radius 2 is 2.05 bits per heavy atom. The first kappa shape index (κ1) is 14.1. The zero-order chi connectivity index (χ0) is 13.5. The van der Waals surface area contributed by atoms with Gasteiger partial charge >= 0.3 is 0 Å². The fraction of sp³-hybridized carbons (Fsp3) is 0.588. The van der Waals surface area contributed by atoms with Crippen LogP contribution in [0, 0.1) is 5.92 Å². The molecule has 0 atom stereocenters. The monoisotopic (exact) mass is 260 g/mol. The van der Waals surface area contributed by atoms with Gasteiger partial charge in [-0.3, -0.25) is 4.79 Å². The summed E-state index contributed by atoms with van der Waals surface area (Å²) in [6.45, 7) is 0. The second-order valence-electron chi connectivity index (χ2n) is 5.61. The molecule has 2 rings (SSSR count). The highest BCUT2D eigenvalue weighted by Crippen LogP contribution is 2.27. The van der Waals surface area contributed by atoms with Gasteiger partial charge in [-0.15, -0.1) is 0 Å². The van der Waals surface area contributed by atoms with Crippen molar-refractivity contribution in [3.8, 4) is 5.75 Å². The van der Waals surface area contributed by atoms with E-state index >= 15 is 0 Å². The molecule has 1 saturated carbocycles. The third-order valence-electron chi connectivity index (χ3n) is 4.09. The quantitative estimate of drug-likeness (QED) is 0.767. The van der Waals surface area contributed by atoms with E-state index < -0.39 is 0 Å². The average Bonchev–Trinajstić information content (AvgIpc) is 2.46. The minimum Gasteiger partial charge on any atom is -0.497 e. The molecule has 19 heavy (non-hydrogen) atoms. The lowest BCUT2D eigenvalue weighted by atomic mass is 9.85. The number of hydrogen-bond acceptors (Lipinski definition) is 2. The van der Waals surface area contributed by atoms with Gasteiger partial charge in [0.1, 0.15) is 11.5 Å². The molecule has 1 aromatic carbocycles. The van der Waals surface area contributed by atoms with Crippen LogP contribution >= 0.6 is 0 Å². The van der Waals surface area contributed by atoms with Gasteiger partial charge in [0.25, 0.3) is 0 Å². The molecule has 0 spiro atoms. The van der Waals surface area contributed by atoms with Gasteiger partial charge in [-0.2, -0.15) is 0 Å². The van der Waals surface area contributed by atoms with Crippen LogP contribution < -0.4 is 4.74 Å². The van der Waals surface area contributed by atoms with E-state index in [9.17, 15) is 4.79 Å². The summed E-state index contributed by atoms with van der Waals surface area (Å²) in [4.78, 5) is 12.0. The van der Waals surface area contributed by atoms with Crippen LogP contribution in [0.4, 0.5) is 0 Å². The van der Waals surface area contributed by atoms with E-state index in [0.717, 1.165) is 30.1 Å². The summed E-state index contributed by atoms with van der Waals surface area (Å²) in [5, 5.41) is 0. The molecule has 0 N–H and O–H groups in total. The summed E-state index contributed by atoms with van der Waals surface area (Å²) in [6.07, 6.45) is 9.12. The lowest BCUT2D eigenvalue weighted by Gasteiger charge is -2.20. The summed E-state index contributed by atoms with van der Waals surface area (Å²) in [5.74, 6) is 1.99. The van der Waals surface area contributed by atoms with Gasteiger partial charge in [0, 0.05) is 12.8 Å². The molecule has 1 aromatic rings. The van der Waals surface area contributed by atoms with Crippen LogP contribution in [0.5, 0.6) is 5.75 Å². The van der Waals surface area contributed by atoms with E-state index in [1.54, 1.807) is 7.11 Å². The van der Waals surface area contributed by atoms with Crippen molar-refractivity contribution >= 4 is 5.78 Å². The van der Waals surface area contributed by atoms with E-state index in [1.807, 2.05) is 24.3 Å². The number of carbonyl (C=O) groups excluding carboxylic acids is 1. The Morgan fingerprint density at radius 1 is 1.26 bits per heavy atom. The van der Waals surface area contributed by atoms with E-state index in [1.165, 1.54) is 32.1 Å². The molecular weight excluding hydrogens is 236 g/mol. The van der Waals surface area contributed by atoms with Crippen molar-refractivity contribution < 1.29 is 9.53 Å². The molecule has 1 fully saturated rings. The van der Waals surface area contributed by atoms with Crippen LogP contribution in [0.1, 0.15) is 50.5 Å². The van der Waals surface area contributed by atoms with Crippen molar-refractivity contribution in [1.29, 1.82) is 0 Å². The summed E-state index contributed by atoms with van der Waals surface area (Å²) < 4.78 is 5.18. The van der Waals surface area contributed by atoms with Crippen LogP contribution in [0.25, 0.3) is 0 Å². The standard InChI is InChI=1S/C17H24O2/c1-19-17-9-5-8-15(13-17)12-16(18)11-10-14-6-3-2-4-7-14/h5,8-9,13-14H,2-4,6-7,10-12H2,1H3. The third-order valence-corrected chi connectivity index (χ3v) is 4.09. The van der Waals surface area contributed by atoms with Gasteiger partial charge in [-0.1, -0.05) is 44.2 Å². The summed E-state index contributed by atoms with van der Waals surface area (Å²) in [5.41, 5.74) is 1.06. The second kappa shape index (κ2) is 7.32. The average molecular weight is 260 g/mol. The van der Waals surface area contributed by atoms with Crippen molar-refractivity contribution in [2.45, 2.75) is 51.4 Å². The molecule has 1 aliphatic rings. The first-order valence-electron chi connectivity index (χ1n) is 7.42. The molecule has 1 aliphatic carbocycles. The van der Waals surface area contributed by atoms with E-state index in [0.29, 0.717) is 12.2 Å². The molecule has 0 radical (unpaired) electrons. The highest BCUT2D eigenvalue weighted by molar-refractivity contribution is 5.80. The first-order valence-corrected chi connectivity index (χ1v) is 7.42. The van der Waals surface area contributed by atoms with E-state index in [4.69, 9.17) is 4.74 Å². The van der Waals surface area contributed by atoms with E-state index in [-0.39, 0.29) is 0 Å². The molecule has 2 heteroatoms. The van der Waals surface area contributed by atoms with Crippen LogP contribution in [0.3, 0.4) is 0 Å². The number of ketones is 1. The maximum Gasteiger partial charge on any atom is 0.137 e. The van der Waals surface area contributed by atoms with Crippen LogP contribution in [-0.2, 0) is 11.2 Å². The Balaban J connectivity index is 1.76. The van der Waals surface area contributed by atoms with Gasteiger partial charge in [0.2, 0.25) is 0 Å². The molecule has 0 aliphatic heterocycles. The molecule has 0 heterocycles. The fourth-order valence-corrected chi connectivity index (χ4v) is 2.94. The maximum absolute atomic E-state index is 12.0. The van der Waals surface area contributed by atoms with Crippen LogP contribution in [0.15, 0.2) is 24.3 Å². The number of carbonyl (C=O) groups is 1. The number of benzene rings is 1. The highest BCUT2D eigenvalue weighted by atomic mass is 16.5. The predicted octanol–water partition coefficient (Wildman–Crippen LogP) is 4.17.